The van der Waals surface area contributed by atoms with E-state index in [1.165, 1.54) is 0 Å². The third-order valence-electron chi connectivity index (χ3n) is 3.97. The van der Waals surface area contributed by atoms with Gasteiger partial charge < -0.3 is 30.0 Å². The summed E-state index contributed by atoms with van der Waals surface area (Å²) in [5, 5.41) is 6.40. The molecule has 0 fully saturated rings. The van der Waals surface area contributed by atoms with Crippen LogP contribution >= 0.6 is 0 Å². The Morgan fingerprint density at radius 3 is 2.42 bits per heavy atom. The maximum atomic E-state index is 5.32. The summed E-state index contributed by atoms with van der Waals surface area (Å²) in [6.45, 7) is 0. The molecule has 0 spiro atoms. The fourth-order valence-electron chi connectivity index (χ4n) is 2.68. The van der Waals surface area contributed by atoms with Crippen LogP contribution in [0.2, 0.25) is 0 Å². The Morgan fingerprint density at radius 2 is 1.68 bits per heavy atom. The molecule has 1 aromatic carbocycles. The molecule has 0 bridgehead atoms. The van der Waals surface area contributed by atoms with E-state index in [9.17, 15) is 0 Å². The van der Waals surface area contributed by atoms with Crippen molar-refractivity contribution in [3.63, 3.8) is 0 Å². The number of ether oxygens (including phenoxy) is 2. The maximum absolute atomic E-state index is 5.32. The van der Waals surface area contributed by atoms with Gasteiger partial charge in [0.25, 0.3) is 0 Å². The number of H-pyrrole nitrogens is 1. The maximum Gasteiger partial charge on any atom is 0.229 e. The Kier molecular flexibility index (Phi) is 7.23. The zero-order valence-corrected chi connectivity index (χ0v) is 18.3. The van der Waals surface area contributed by atoms with Crippen molar-refractivity contribution < 1.29 is 13.8 Å². The van der Waals surface area contributed by atoms with Crippen molar-refractivity contribution in [1.29, 1.82) is 0 Å². The molecule has 3 aromatic heterocycles. The highest BCUT2D eigenvalue weighted by molar-refractivity contribution is 5.79. The van der Waals surface area contributed by atoms with E-state index in [1.54, 1.807) is 32.7 Å². The molecule has 0 aliphatic heterocycles. The largest absolute Gasteiger partial charge is 0.493 e. The highest BCUT2D eigenvalue weighted by atomic mass is 16.5. The van der Waals surface area contributed by atoms with Gasteiger partial charge in [-0.15, -0.1) is 0 Å². The zero-order valence-electron chi connectivity index (χ0n) is 18.3. The van der Waals surface area contributed by atoms with Crippen molar-refractivity contribution in [2.75, 3.05) is 46.0 Å². The van der Waals surface area contributed by atoms with Crippen molar-refractivity contribution in [3.05, 3.63) is 55.0 Å². The molecule has 0 aliphatic carbocycles. The molecule has 0 saturated heterocycles. The lowest BCUT2D eigenvalue weighted by Crippen LogP contribution is -2.01. The van der Waals surface area contributed by atoms with Gasteiger partial charge in [0.15, 0.2) is 11.5 Å². The van der Waals surface area contributed by atoms with Crippen LogP contribution in [0.15, 0.2) is 55.0 Å². The first kappa shape index (κ1) is 21.8. The standard InChI is InChI=1S/C19H18N6O2.C3H9N.3H2/c1-26-16-4-3-12(10-17(16)27-2)24-19-21-8-6-18(25-19)23-13-9-15-14(22-11-13)5-7-20-15;1-4(2)3;;;/h3-11,20H,1-2H3,(H2,21,23,24,25);1-3H3;3*1H. The Labute approximate surface area is 185 Å². The second-order valence-electron chi connectivity index (χ2n) is 7.06. The van der Waals surface area contributed by atoms with Gasteiger partial charge in [-0.3, -0.25) is 4.98 Å². The number of rotatable bonds is 6. The van der Waals surface area contributed by atoms with Crippen LogP contribution in [-0.2, 0) is 0 Å². The fourth-order valence-corrected chi connectivity index (χ4v) is 2.68. The van der Waals surface area contributed by atoms with E-state index in [4.69, 9.17) is 9.47 Å². The predicted octanol–water partition coefficient (Wildman–Crippen LogP) is 4.77. The first-order valence-corrected chi connectivity index (χ1v) is 9.61. The Morgan fingerprint density at radius 1 is 0.903 bits per heavy atom. The third-order valence-corrected chi connectivity index (χ3v) is 3.97. The van der Waals surface area contributed by atoms with E-state index in [2.05, 4.69) is 30.6 Å². The van der Waals surface area contributed by atoms with Gasteiger partial charge in [-0.25, -0.2) is 4.98 Å². The second-order valence-corrected chi connectivity index (χ2v) is 7.06. The lowest BCUT2D eigenvalue weighted by atomic mass is 10.3. The number of methoxy groups -OCH3 is 2. The topological polar surface area (TPSA) is 100 Å². The normalized spacial score (nSPS) is 10.4. The molecule has 31 heavy (non-hydrogen) atoms. The Hall–Kier alpha value is -3.85. The second kappa shape index (κ2) is 10.3. The molecule has 0 radical (unpaired) electrons. The van der Waals surface area contributed by atoms with E-state index in [0.29, 0.717) is 23.3 Å². The summed E-state index contributed by atoms with van der Waals surface area (Å²) in [6, 6.07) is 11.2. The Balaban J connectivity index is 0.00000145. The molecule has 0 saturated carbocycles. The molecule has 4 aromatic rings. The molecule has 9 nitrogen and oxygen atoms in total. The van der Waals surface area contributed by atoms with Crippen LogP contribution in [0.3, 0.4) is 0 Å². The lowest BCUT2D eigenvalue weighted by molar-refractivity contribution is 0.355. The summed E-state index contributed by atoms with van der Waals surface area (Å²) in [5.41, 5.74) is 3.50. The van der Waals surface area contributed by atoms with Crippen molar-refractivity contribution in [3.8, 4) is 11.5 Å². The van der Waals surface area contributed by atoms with E-state index in [0.717, 1.165) is 22.4 Å². The minimum absolute atomic E-state index is 0. The highest BCUT2D eigenvalue weighted by Crippen LogP contribution is 2.30. The van der Waals surface area contributed by atoms with Gasteiger partial charge in [0.05, 0.1) is 37.1 Å². The van der Waals surface area contributed by atoms with Crippen LogP contribution in [0.4, 0.5) is 23.1 Å². The first-order valence-electron chi connectivity index (χ1n) is 9.61. The molecule has 0 unspecified atom stereocenters. The van der Waals surface area contributed by atoms with Gasteiger partial charge in [0.1, 0.15) is 5.82 Å². The monoisotopic (exact) mass is 427 g/mol. The SMILES string of the molecule is CN(C)C.COc1ccc(Nc2nccc(Nc3cnc4cc[nH]c4c3)n2)cc1OC.[HH].[HH].[HH]. The van der Waals surface area contributed by atoms with Crippen LogP contribution in [0.5, 0.6) is 11.5 Å². The summed E-state index contributed by atoms with van der Waals surface area (Å²) in [6.07, 6.45) is 5.30. The highest BCUT2D eigenvalue weighted by Gasteiger charge is 2.07. The molecule has 9 heteroatoms. The van der Waals surface area contributed by atoms with Gasteiger partial charge in [-0.05, 0) is 51.5 Å². The number of nitrogens with one attached hydrogen (secondary N) is 3. The van der Waals surface area contributed by atoms with Crippen molar-refractivity contribution in [1.82, 2.24) is 24.8 Å². The molecule has 3 heterocycles. The summed E-state index contributed by atoms with van der Waals surface area (Å²) in [7, 11) is 9.19. The lowest BCUT2D eigenvalue weighted by Gasteiger charge is -2.11. The molecule has 0 amide bonds. The molecule has 4 rings (SSSR count). The average molecular weight is 428 g/mol. The summed E-state index contributed by atoms with van der Waals surface area (Å²) >= 11 is 0. The number of aromatic amines is 1. The minimum atomic E-state index is 0. The van der Waals surface area contributed by atoms with Gasteiger partial charge >= 0.3 is 0 Å². The molecule has 0 atom stereocenters. The molecule has 3 N–H and O–H groups in total. The number of pyridine rings is 1. The van der Waals surface area contributed by atoms with Crippen molar-refractivity contribution >= 4 is 34.2 Å². The minimum Gasteiger partial charge on any atom is -0.493 e. The summed E-state index contributed by atoms with van der Waals surface area (Å²) in [4.78, 5) is 18.3. The summed E-state index contributed by atoms with van der Waals surface area (Å²) < 4.78 is 10.6. The van der Waals surface area contributed by atoms with Crippen LogP contribution in [0.25, 0.3) is 11.0 Å². The predicted molar refractivity (Wildman–Crippen MR) is 130 cm³/mol. The van der Waals surface area contributed by atoms with Crippen LogP contribution in [-0.4, -0.2) is 60.2 Å². The quantitative estimate of drug-likeness (QED) is 0.404. The van der Waals surface area contributed by atoms with E-state index in [-0.39, 0.29) is 4.28 Å². The van der Waals surface area contributed by atoms with Gasteiger partial charge in [0, 0.05) is 28.4 Å². The number of anilines is 4. The smallest absolute Gasteiger partial charge is 0.229 e. The average Bonchev–Trinajstić information content (AvgIpc) is 3.21. The van der Waals surface area contributed by atoms with Crippen LogP contribution in [0.1, 0.15) is 4.28 Å². The van der Waals surface area contributed by atoms with Gasteiger partial charge in [-0.1, -0.05) is 0 Å². The number of hydrogen-bond donors (Lipinski definition) is 3. The molecular formula is C22H33N7O2. The molecular weight excluding hydrogens is 394 g/mol. The van der Waals surface area contributed by atoms with Crippen molar-refractivity contribution in [2.24, 2.45) is 0 Å². The van der Waals surface area contributed by atoms with E-state index in [1.807, 2.05) is 62.6 Å². The first-order chi connectivity index (χ1) is 15.0. The molecule has 0 aliphatic rings. The fraction of sp³-hybridized carbons (Fsp3) is 0.227. The summed E-state index contributed by atoms with van der Waals surface area (Å²) in [5.74, 6) is 2.40. The number of benzene rings is 1. The van der Waals surface area contributed by atoms with Crippen LogP contribution < -0.4 is 20.1 Å². The third kappa shape index (κ3) is 6.06. The van der Waals surface area contributed by atoms with E-state index < -0.39 is 0 Å². The number of nitrogens with zero attached hydrogens (tertiary/aromatic N) is 4. The van der Waals surface area contributed by atoms with Crippen LogP contribution in [0, 0.1) is 0 Å². The number of hydrogen-bond acceptors (Lipinski definition) is 8. The van der Waals surface area contributed by atoms with Gasteiger partial charge in [-0.2, -0.15) is 4.98 Å². The number of aromatic nitrogens is 4. The molecule has 168 valence electrons. The Bertz CT molecular complexity index is 1140. The van der Waals surface area contributed by atoms with E-state index >= 15 is 0 Å². The van der Waals surface area contributed by atoms with Crippen molar-refractivity contribution in [2.45, 2.75) is 0 Å². The van der Waals surface area contributed by atoms with Gasteiger partial charge in [0.2, 0.25) is 5.95 Å². The zero-order chi connectivity index (χ0) is 22.2. The number of fused-ring (bicyclic) bond motifs is 1.